The van der Waals surface area contributed by atoms with Crippen LogP contribution in [0.15, 0.2) is 12.1 Å². The summed E-state index contributed by atoms with van der Waals surface area (Å²) in [5, 5.41) is 21.9. The summed E-state index contributed by atoms with van der Waals surface area (Å²) in [6.07, 6.45) is 0.277. The highest BCUT2D eigenvalue weighted by atomic mass is 16.6. The molecular weight excluding hydrogens is 254 g/mol. The number of carboxylic acid groups (broad SMARTS) is 1. The molecule has 0 saturated heterocycles. The lowest BCUT2D eigenvalue weighted by Crippen LogP contribution is -2.36. The van der Waals surface area contributed by atoms with Gasteiger partial charge in [-0.15, -0.1) is 0 Å². The Balaban J connectivity index is 2.83. The van der Waals surface area contributed by atoms with E-state index in [2.05, 4.69) is 5.32 Å². The quantitative estimate of drug-likeness (QED) is 0.588. The fourth-order valence-electron chi connectivity index (χ4n) is 1.68. The minimum atomic E-state index is -1.01. The molecule has 1 rings (SSSR count). The van der Waals surface area contributed by atoms with Gasteiger partial charge in [-0.1, -0.05) is 6.92 Å². The Kier molecular flexibility index (Phi) is 4.62. The van der Waals surface area contributed by atoms with Gasteiger partial charge in [0.25, 0.3) is 5.91 Å². The number of carbonyl (C=O) groups is 2. The van der Waals surface area contributed by atoms with E-state index in [-0.39, 0.29) is 17.9 Å². The molecule has 0 radical (unpaired) electrons. The molecule has 0 fully saturated rings. The number of carbonyl (C=O) groups excluding carboxylic acids is 1. The van der Waals surface area contributed by atoms with Crippen LogP contribution in [0.5, 0.6) is 0 Å². The molecule has 0 aliphatic rings. The van der Waals surface area contributed by atoms with E-state index >= 15 is 0 Å². The number of carboxylic acids is 1. The summed E-state index contributed by atoms with van der Waals surface area (Å²) in [5.74, 6) is -1.73. The van der Waals surface area contributed by atoms with Gasteiger partial charge in [0, 0.05) is 12.1 Å². The number of amides is 1. The molecule has 2 N–H and O–H groups in total. The summed E-state index contributed by atoms with van der Waals surface area (Å²) < 4.78 is 1.16. The van der Waals surface area contributed by atoms with E-state index in [4.69, 9.17) is 5.11 Å². The average molecular weight is 269 g/mol. The second-order valence-electron chi connectivity index (χ2n) is 4.07. The number of nitro groups is 1. The molecule has 0 bridgehead atoms. The SMILES string of the molecule is CCC(CC(=O)O)NC(=O)c1ccc([N+](=O)[O-])n1C. The third-order valence-corrected chi connectivity index (χ3v) is 2.76. The highest BCUT2D eigenvalue weighted by molar-refractivity contribution is 5.93. The highest BCUT2D eigenvalue weighted by Gasteiger charge is 2.23. The molecule has 0 aromatic carbocycles. The van der Waals surface area contributed by atoms with E-state index in [1.165, 1.54) is 19.2 Å². The summed E-state index contributed by atoms with van der Waals surface area (Å²) >= 11 is 0. The van der Waals surface area contributed by atoms with Crippen LogP contribution in [0.3, 0.4) is 0 Å². The van der Waals surface area contributed by atoms with Crippen LogP contribution in [-0.2, 0) is 11.8 Å². The number of aromatic nitrogens is 1. The van der Waals surface area contributed by atoms with Crippen molar-refractivity contribution in [1.29, 1.82) is 0 Å². The number of aliphatic carboxylic acids is 1. The van der Waals surface area contributed by atoms with Gasteiger partial charge in [-0.3, -0.25) is 9.59 Å². The first-order chi connectivity index (χ1) is 8.86. The minimum absolute atomic E-state index is 0.121. The third-order valence-electron chi connectivity index (χ3n) is 2.76. The predicted molar refractivity (Wildman–Crippen MR) is 65.9 cm³/mol. The second kappa shape index (κ2) is 5.98. The smallest absolute Gasteiger partial charge is 0.323 e. The summed E-state index contributed by atoms with van der Waals surface area (Å²) in [5.41, 5.74) is 0.121. The monoisotopic (exact) mass is 269 g/mol. The molecule has 1 amide bonds. The lowest BCUT2D eigenvalue weighted by molar-refractivity contribution is -0.391. The van der Waals surface area contributed by atoms with E-state index in [1.54, 1.807) is 6.92 Å². The van der Waals surface area contributed by atoms with Gasteiger partial charge in [-0.25, -0.2) is 4.57 Å². The lowest BCUT2D eigenvalue weighted by Gasteiger charge is -2.13. The zero-order chi connectivity index (χ0) is 14.6. The first kappa shape index (κ1) is 14.7. The van der Waals surface area contributed by atoms with Gasteiger partial charge in [0.05, 0.1) is 13.5 Å². The van der Waals surface area contributed by atoms with Crippen LogP contribution >= 0.6 is 0 Å². The van der Waals surface area contributed by atoms with Crippen molar-refractivity contribution >= 4 is 17.7 Å². The van der Waals surface area contributed by atoms with Crippen LogP contribution in [0.4, 0.5) is 5.82 Å². The van der Waals surface area contributed by atoms with Crippen molar-refractivity contribution in [3.05, 3.63) is 27.9 Å². The first-order valence-corrected chi connectivity index (χ1v) is 5.69. The van der Waals surface area contributed by atoms with Gasteiger partial charge >= 0.3 is 11.8 Å². The van der Waals surface area contributed by atoms with Crippen molar-refractivity contribution in [1.82, 2.24) is 9.88 Å². The highest BCUT2D eigenvalue weighted by Crippen LogP contribution is 2.15. The molecule has 0 aliphatic carbocycles. The molecule has 1 aromatic heterocycles. The number of nitrogens with one attached hydrogen (secondary N) is 1. The van der Waals surface area contributed by atoms with Gasteiger partial charge in [0.2, 0.25) is 0 Å². The summed E-state index contributed by atoms with van der Waals surface area (Å²) in [6.45, 7) is 1.75. The molecule has 1 aromatic rings. The van der Waals surface area contributed by atoms with Crippen molar-refractivity contribution in [2.24, 2.45) is 7.05 Å². The zero-order valence-corrected chi connectivity index (χ0v) is 10.6. The molecule has 0 aliphatic heterocycles. The molecule has 104 valence electrons. The van der Waals surface area contributed by atoms with Crippen LogP contribution < -0.4 is 5.32 Å². The third kappa shape index (κ3) is 3.54. The molecule has 19 heavy (non-hydrogen) atoms. The van der Waals surface area contributed by atoms with Gasteiger partial charge in [-0.05, 0) is 17.4 Å². The first-order valence-electron chi connectivity index (χ1n) is 5.69. The van der Waals surface area contributed by atoms with Gasteiger partial charge in [-0.2, -0.15) is 0 Å². The molecule has 0 saturated carbocycles. The molecule has 8 heteroatoms. The fourth-order valence-corrected chi connectivity index (χ4v) is 1.68. The fraction of sp³-hybridized carbons (Fsp3) is 0.455. The van der Waals surface area contributed by atoms with Crippen molar-refractivity contribution < 1.29 is 19.6 Å². The average Bonchev–Trinajstić information content (AvgIpc) is 2.69. The van der Waals surface area contributed by atoms with E-state index < -0.39 is 22.8 Å². The Morgan fingerprint density at radius 2 is 2.16 bits per heavy atom. The number of rotatable bonds is 6. The Hall–Kier alpha value is -2.38. The van der Waals surface area contributed by atoms with Gasteiger partial charge < -0.3 is 20.5 Å². The number of hydrogen-bond acceptors (Lipinski definition) is 4. The van der Waals surface area contributed by atoms with Crippen molar-refractivity contribution in [3.8, 4) is 0 Å². The van der Waals surface area contributed by atoms with Crippen LogP contribution in [0.1, 0.15) is 30.3 Å². The van der Waals surface area contributed by atoms with Crippen LogP contribution in [0.25, 0.3) is 0 Å². The normalized spacial score (nSPS) is 11.9. The van der Waals surface area contributed by atoms with E-state index in [0.717, 1.165) is 4.57 Å². The second-order valence-corrected chi connectivity index (χ2v) is 4.07. The van der Waals surface area contributed by atoms with Crippen LogP contribution in [0, 0.1) is 10.1 Å². The molecular formula is C11H15N3O5. The molecule has 1 heterocycles. The molecule has 8 nitrogen and oxygen atoms in total. The van der Waals surface area contributed by atoms with Crippen molar-refractivity contribution in [2.75, 3.05) is 0 Å². The van der Waals surface area contributed by atoms with Gasteiger partial charge in [0.15, 0.2) is 5.69 Å². The number of hydrogen-bond donors (Lipinski definition) is 2. The summed E-state index contributed by atoms with van der Waals surface area (Å²) in [7, 11) is 1.41. The van der Waals surface area contributed by atoms with Gasteiger partial charge in [0.1, 0.15) is 0 Å². The zero-order valence-electron chi connectivity index (χ0n) is 10.6. The van der Waals surface area contributed by atoms with Crippen molar-refractivity contribution in [2.45, 2.75) is 25.8 Å². The Bertz CT molecular complexity index is 508. The van der Waals surface area contributed by atoms with E-state index in [9.17, 15) is 19.7 Å². The topological polar surface area (TPSA) is 114 Å². The van der Waals surface area contributed by atoms with E-state index in [0.29, 0.717) is 6.42 Å². The maximum atomic E-state index is 11.9. The summed E-state index contributed by atoms with van der Waals surface area (Å²) in [6, 6.07) is 2.06. The predicted octanol–water partition coefficient (Wildman–Crippen LogP) is 0.916. The molecule has 1 atom stereocenters. The Morgan fingerprint density at radius 3 is 2.58 bits per heavy atom. The summed E-state index contributed by atoms with van der Waals surface area (Å²) in [4.78, 5) is 32.6. The Labute approximate surface area is 109 Å². The maximum Gasteiger partial charge on any atom is 0.323 e. The molecule has 1 unspecified atom stereocenters. The minimum Gasteiger partial charge on any atom is -0.481 e. The lowest BCUT2D eigenvalue weighted by atomic mass is 10.1. The Morgan fingerprint density at radius 1 is 1.53 bits per heavy atom. The maximum absolute atomic E-state index is 11.9. The van der Waals surface area contributed by atoms with Crippen molar-refractivity contribution in [3.63, 3.8) is 0 Å². The largest absolute Gasteiger partial charge is 0.481 e. The van der Waals surface area contributed by atoms with E-state index in [1.807, 2.05) is 0 Å². The number of nitrogens with zero attached hydrogens (tertiary/aromatic N) is 2. The standard InChI is InChI=1S/C11H15N3O5/c1-3-7(6-10(15)16)12-11(17)8-4-5-9(13(8)2)14(18)19/h4-5,7H,3,6H2,1-2H3,(H,12,17)(H,15,16). The van der Waals surface area contributed by atoms with Crippen LogP contribution in [-0.4, -0.2) is 32.5 Å². The van der Waals surface area contributed by atoms with Crippen LogP contribution in [0.2, 0.25) is 0 Å². The molecule has 0 spiro atoms.